The number of aryl methyl sites for hydroxylation is 1. The number of aromatic nitrogens is 4. The first-order chi connectivity index (χ1) is 7.09. The van der Waals surface area contributed by atoms with E-state index in [1.807, 2.05) is 13.8 Å². The maximum atomic E-state index is 5.80. The minimum Gasteiger partial charge on any atom is -0.396 e. The van der Waals surface area contributed by atoms with E-state index >= 15 is 0 Å². The van der Waals surface area contributed by atoms with Crippen LogP contribution in [0.2, 0.25) is 5.02 Å². The van der Waals surface area contributed by atoms with Gasteiger partial charge in [0, 0.05) is 0 Å². The molecule has 15 heavy (non-hydrogen) atoms. The molecule has 2 rings (SSSR count). The van der Waals surface area contributed by atoms with Gasteiger partial charge in [-0.3, -0.25) is 0 Å². The summed E-state index contributed by atoms with van der Waals surface area (Å²) in [6.07, 6.45) is 3.05. The van der Waals surface area contributed by atoms with Crippen molar-refractivity contribution in [2.24, 2.45) is 0 Å². The molecule has 0 unspecified atom stereocenters. The lowest BCUT2D eigenvalue weighted by Gasteiger charge is -2.01. The SMILES string of the molecule is Cc1nn(-c2ncc(Cl)cn2)c(C)c1N. The molecule has 0 radical (unpaired) electrons. The molecule has 2 heterocycles. The van der Waals surface area contributed by atoms with Crippen LogP contribution in [0.1, 0.15) is 11.4 Å². The van der Waals surface area contributed by atoms with Crippen molar-refractivity contribution >= 4 is 17.3 Å². The molecule has 0 amide bonds. The van der Waals surface area contributed by atoms with Crippen LogP contribution in [-0.4, -0.2) is 19.7 Å². The monoisotopic (exact) mass is 223 g/mol. The molecule has 2 aromatic rings. The standard InChI is InChI=1S/C9H10ClN5/c1-5-8(11)6(2)15(14-5)9-12-3-7(10)4-13-9/h3-4H,11H2,1-2H3. The maximum absolute atomic E-state index is 5.80. The Hall–Kier alpha value is -1.62. The molecular formula is C9H10ClN5. The van der Waals surface area contributed by atoms with Crippen LogP contribution in [0.5, 0.6) is 0 Å². The van der Waals surface area contributed by atoms with Crippen LogP contribution in [0.4, 0.5) is 5.69 Å². The molecule has 6 heteroatoms. The Labute approximate surface area is 91.9 Å². The topological polar surface area (TPSA) is 69.6 Å². The second kappa shape index (κ2) is 3.51. The number of nitrogens with two attached hydrogens (primary N) is 1. The van der Waals surface area contributed by atoms with E-state index in [1.54, 1.807) is 4.68 Å². The molecule has 2 aromatic heterocycles. The lowest BCUT2D eigenvalue weighted by molar-refractivity contribution is 0.774. The fourth-order valence-electron chi connectivity index (χ4n) is 1.26. The normalized spacial score (nSPS) is 10.6. The number of hydrogen-bond acceptors (Lipinski definition) is 4. The lowest BCUT2D eigenvalue weighted by Crippen LogP contribution is -2.04. The van der Waals surface area contributed by atoms with Crippen LogP contribution in [0, 0.1) is 13.8 Å². The van der Waals surface area contributed by atoms with Crippen molar-refractivity contribution < 1.29 is 0 Å². The summed E-state index contributed by atoms with van der Waals surface area (Å²) in [5, 5.41) is 4.73. The molecule has 0 aliphatic rings. The van der Waals surface area contributed by atoms with E-state index in [1.165, 1.54) is 12.4 Å². The van der Waals surface area contributed by atoms with Crippen molar-refractivity contribution in [1.29, 1.82) is 0 Å². The lowest BCUT2D eigenvalue weighted by atomic mass is 10.3. The summed E-state index contributed by atoms with van der Waals surface area (Å²) in [5.41, 5.74) is 8.06. The summed E-state index contributed by atoms with van der Waals surface area (Å²) >= 11 is 5.70. The Morgan fingerprint density at radius 3 is 2.33 bits per heavy atom. The molecule has 2 N–H and O–H groups in total. The summed E-state index contributed by atoms with van der Waals surface area (Å²) in [6.45, 7) is 3.71. The minimum absolute atomic E-state index is 0.469. The van der Waals surface area contributed by atoms with Gasteiger partial charge in [0.15, 0.2) is 0 Å². The highest BCUT2D eigenvalue weighted by Gasteiger charge is 2.11. The number of rotatable bonds is 1. The second-order valence-electron chi connectivity index (χ2n) is 3.20. The maximum Gasteiger partial charge on any atom is 0.250 e. The molecule has 0 aliphatic heterocycles. The smallest absolute Gasteiger partial charge is 0.250 e. The Kier molecular flexibility index (Phi) is 2.32. The van der Waals surface area contributed by atoms with Gasteiger partial charge < -0.3 is 5.73 Å². The largest absolute Gasteiger partial charge is 0.396 e. The third kappa shape index (κ3) is 1.66. The zero-order valence-electron chi connectivity index (χ0n) is 8.40. The van der Waals surface area contributed by atoms with Crippen molar-refractivity contribution in [2.45, 2.75) is 13.8 Å². The van der Waals surface area contributed by atoms with Gasteiger partial charge in [0.1, 0.15) is 0 Å². The zero-order chi connectivity index (χ0) is 11.0. The van der Waals surface area contributed by atoms with E-state index < -0.39 is 0 Å². The van der Waals surface area contributed by atoms with Crippen LogP contribution in [0.25, 0.3) is 5.95 Å². The van der Waals surface area contributed by atoms with Crippen molar-refractivity contribution in [3.05, 3.63) is 28.8 Å². The van der Waals surface area contributed by atoms with Gasteiger partial charge in [0.25, 0.3) is 5.95 Å². The van der Waals surface area contributed by atoms with Crippen molar-refractivity contribution in [3.8, 4) is 5.95 Å². The van der Waals surface area contributed by atoms with Gasteiger partial charge in [-0.2, -0.15) is 5.10 Å². The van der Waals surface area contributed by atoms with E-state index in [9.17, 15) is 0 Å². The number of hydrogen-bond donors (Lipinski definition) is 1. The highest BCUT2D eigenvalue weighted by atomic mass is 35.5. The fourth-order valence-corrected chi connectivity index (χ4v) is 1.36. The minimum atomic E-state index is 0.469. The Morgan fingerprint density at radius 2 is 1.87 bits per heavy atom. The highest BCUT2D eigenvalue weighted by Crippen LogP contribution is 2.17. The van der Waals surface area contributed by atoms with Gasteiger partial charge in [0.2, 0.25) is 0 Å². The summed E-state index contributed by atoms with van der Waals surface area (Å²) < 4.78 is 1.60. The molecule has 0 bridgehead atoms. The van der Waals surface area contributed by atoms with Gasteiger partial charge in [-0.05, 0) is 13.8 Å². The Morgan fingerprint density at radius 1 is 1.27 bits per heavy atom. The zero-order valence-corrected chi connectivity index (χ0v) is 9.15. The van der Waals surface area contributed by atoms with Crippen LogP contribution >= 0.6 is 11.6 Å². The van der Waals surface area contributed by atoms with E-state index in [0.29, 0.717) is 16.7 Å². The molecule has 0 saturated heterocycles. The molecule has 0 aliphatic carbocycles. The first-order valence-electron chi connectivity index (χ1n) is 4.39. The number of nitrogens with zero attached hydrogens (tertiary/aromatic N) is 4. The average Bonchev–Trinajstić information content (AvgIpc) is 2.47. The van der Waals surface area contributed by atoms with Gasteiger partial charge in [-0.25, -0.2) is 14.6 Å². The van der Waals surface area contributed by atoms with E-state index in [2.05, 4.69) is 15.1 Å². The fraction of sp³-hybridized carbons (Fsp3) is 0.222. The van der Waals surface area contributed by atoms with Gasteiger partial charge in [-0.15, -0.1) is 0 Å². The van der Waals surface area contributed by atoms with Gasteiger partial charge >= 0.3 is 0 Å². The first kappa shape index (κ1) is 9.92. The van der Waals surface area contributed by atoms with Gasteiger partial charge in [-0.1, -0.05) is 11.6 Å². The number of nitrogen functional groups attached to an aromatic ring is 1. The van der Waals surface area contributed by atoms with Crippen LogP contribution in [0.3, 0.4) is 0 Å². The Bertz CT molecular complexity index is 488. The van der Waals surface area contributed by atoms with E-state index in [-0.39, 0.29) is 0 Å². The summed E-state index contributed by atoms with van der Waals surface area (Å²) in [6, 6.07) is 0. The quantitative estimate of drug-likeness (QED) is 0.796. The van der Waals surface area contributed by atoms with Crippen LogP contribution in [0.15, 0.2) is 12.4 Å². The van der Waals surface area contributed by atoms with Crippen molar-refractivity contribution in [3.63, 3.8) is 0 Å². The predicted octanol–water partition coefficient (Wildman–Crippen LogP) is 1.51. The highest BCUT2D eigenvalue weighted by molar-refractivity contribution is 6.30. The van der Waals surface area contributed by atoms with E-state index in [0.717, 1.165) is 11.4 Å². The summed E-state index contributed by atoms with van der Waals surface area (Å²) in [5.74, 6) is 0.469. The molecular weight excluding hydrogens is 214 g/mol. The third-order valence-electron chi connectivity index (χ3n) is 2.14. The average molecular weight is 224 g/mol. The molecule has 0 fully saturated rings. The number of halogens is 1. The predicted molar refractivity (Wildman–Crippen MR) is 58.1 cm³/mol. The van der Waals surface area contributed by atoms with E-state index in [4.69, 9.17) is 17.3 Å². The van der Waals surface area contributed by atoms with Crippen LogP contribution in [-0.2, 0) is 0 Å². The molecule has 0 spiro atoms. The first-order valence-corrected chi connectivity index (χ1v) is 4.77. The Balaban J connectivity index is 2.54. The molecule has 5 nitrogen and oxygen atoms in total. The third-order valence-corrected chi connectivity index (χ3v) is 2.34. The second-order valence-corrected chi connectivity index (χ2v) is 3.63. The van der Waals surface area contributed by atoms with Gasteiger partial charge in [0.05, 0.1) is 34.5 Å². The molecule has 0 atom stereocenters. The summed E-state index contributed by atoms with van der Waals surface area (Å²) in [7, 11) is 0. The number of anilines is 1. The molecule has 0 saturated carbocycles. The molecule has 78 valence electrons. The molecule has 0 aromatic carbocycles. The van der Waals surface area contributed by atoms with Crippen molar-refractivity contribution in [1.82, 2.24) is 19.7 Å². The van der Waals surface area contributed by atoms with Crippen molar-refractivity contribution in [2.75, 3.05) is 5.73 Å². The van der Waals surface area contributed by atoms with Crippen LogP contribution < -0.4 is 5.73 Å². The summed E-state index contributed by atoms with van der Waals surface area (Å²) in [4.78, 5) is 8.13.